The number of nitrogens with one attached hydrogen (secondary N) is 2. The number of anilines is 3. The number of pyridine rings is 1. The Balaban J connectivity index is 1.51. The van der Waals surface area contributed by atoms with Gasteiger partial charge < -0.3 is 15.5 Å². The lowest BCUT2D eigenvalue weighted by Crippen LogP contribution is -2.58. The number of halogens is 2. The molecule has 3 aliphatic rings. The van der Waals surface area contributed by atoms with Gasteiger partial charge in [-0.2, -0.15) is 0 Å². The highest BCUT2D eigenvalue weighted by Crippen LogP contribution is 2.50. The summed E-state index contributed by atoms with van der Waals surface area (Å²) in [4.78, 5) is 21.6. The molecule has 3 aromatic rings. The van der Waals surface area contributed by atoms with Gasteiger partial charge in [0, 0.05) is 35.8 Å². The van der Waals surface area contributed by atoms with E-state index >= 15 is 4.79 Å². The number of para-hydroxylation sites is 1. The quantitative estimate of drug-likeness (QED) is 0.328. The summed E-state index contributed by atoms with van der Waals surface area (Å²) in [5.41, 5.74) is 2.21. The lowest BCUT2D eigenvalue weighted by Gasteiger charge is -2.46. The molecule has 2 heterocycles. The second-order valence-electron chi connectivity index (χ2n) is 11.3. The van der Waals surface area contributed by atoms with Crippen molar-refractivity contribution < 1.29 is 9.18 Å². The number of hydrogen-bond donors (Lipinski definition) is 2. The average molecular weight is 547 g/mol. The molecule has 39 heavy (non-hydrogen) atoms. The Morgan fingerprint density at radius 2 is 1.51 bits per heavy atom. The topological polar surface area (TPSA) is 57.3 Å². The number of fused-ring (bicyclic) bond motifs is 1. The molecule has 1 amide bonds. The molecular weight excluding hydrogens is 511 g/mol. The van der Waals surface area contributed by atoms with E-state index in [4.69, 9.17) is 11.6 Å². The Bertz CT molecular complexity index is 1260. The van der Waals surface area contributed by atoms with E-state index in [1.807, 2.05) is 30.3 Å². The Kier molecular flexibility index (Phi) is 7.48. The Morgan fingerprint density at radius 1 is 0.897 bits per heavy atom. The van der Waals surface area contributed by atoms with Gasteiger partial charge in [0.15, 0.2) is 0 Å². The second kappa shape index (κ2) is 11.2. The molecule has 2 unspecified atom stereocenters. The fourth-order valence-corrected chi connectivity index (χ4v) is 7.27. The summed E-state index contributed by atoms with van der Waals surface area (Å²) < 4.78 is 14.7. The van der Waals surface area contributed by atoms with Gasteiger partial charge in [-0.3, -0.25) is 9.78 Å². The van der Waals surface area contributed by atoms with E-state index in [1.165, 1.54) is 18.9 Å². The molecule has 0 saturated heterocycles. The van der Waals surface area contributed by atoms with Crippen LogP contribution in [-0.4, -0.2) is 16.9 Å². The minimum Gasteiger partial charge on any atom is -0.357 e. The molecule has 1 aromatic heterocycles. The molecule has 7 heteroatoms. The first-order valence-corrected chi connectivity index (χ1v) is 14.8. The van der Waals surface area contributed by atoms with Crippen LogP contribution in [0.4, 0.5) is 21.5 Å². The van der Waals surface area contributed by atoms with Crippen LogP contribution in [0.25, 0.3) is 0 Å². The fraction of sp³-hybridized carbons (Fsp3) is 0.438. The summed E-state index contributed by atoms with van der Waals surface area (Å²) in [7, 11) is 0. The van der Waals surface area contributed by atoms with Crippen molar-refractivity contribution in [3.63, 3.8) is 0 Å². The summed E-state index contributed by atoms with van der Waals surface area (Å²) in [6.07, 6.45) is 14.3. The zero-order valence-corrected chi connectivity index (χ0v) is 23.0. The molecule has 0 spiro atoms. The van der Waals surface area contributed by atoms with Crippen LogP contribution in [0.15, 0.2) is 67.0 Å². The molecule has 2 saturated carbocycles. The Labute approximate surface area is 235 Å². The number of carbonyl (C=O) groups is 1. The van der Waals surface area contributed by atoms with Gasteiger partial charge in [0.05, 0.1) is 22.3 Å². The van der Waals surface area contributed by atoms with Crippen LogP contribution >= 0.6 is 11.6 Å². The summed E-state index contributed by atoms with van der Waals surface area (Å²) in [5, 5.41) is 7.37. The summed E-state index contributed by atoms with van der Waals surface area (Å²) >= 11 is 6.23. The molecule has 0 radical (unpaired) electrons. The highest BCUT2D eigenvalue weighted by molar-refractivity contribution is 6.31. The van der Waals surface area contributed by atoms with Crippen LogP contribution in [-0.2, 0) is 10.5 Å². The molecule has 5 nitrogen and oxygen atoms in total. The van der Waals surface area contributed by atoms with Gasteiger partial charge in [-0.1, -0.05) is 68.3 Å². The number of hydrogen-bond acceptors (Lipinski definition) is 4. The minimum absolute atomic E-state index is 0.0576. The van der Waals surface area contributed by atoms with Crippen molar-refractivity contribution in [3.05, 3.63) is 83.4 Å². The fourth-order valence-electron chi connectivity index (χ4n) is 7.11. The lowest BCUT2D eigenvalue weighted by atomic mass is 9.70. The molecule has 6 rings (SSSR count). The van der Waals surface area contributed by atoms with Gasteiger partial charge in [-0.05, 0) is 61.9 Å². The Hall–Kier alpha value is -3.12. The smallest absolute Gasteiger partial charge is 0.235 e. The van der Waals surface area contributed by atoms with Gasteiger partial charge in [0.1, 0.15) is 11.5 Å². The normalized spacial score (nSPS) is 22.4. The number of amides is 1. The predicted octanol–water partition coefficient (Wildman–Crippen LogP) is 8.13. The van der Waals surface area contributed by atoms with Crippen LogP contribution in [0.5, 0.6) is 0 Å². The first kappa shape index (κ1) is 26.1. The number of aromatic nitrogens is 1. The van der Waals surface area contributed by atoms with E-state index in [0.717, 1.165) is 62.6 Å². The second-order valence-corrected chi connectivity index (χ2v) is 11.7. The molecule has 2 atom stereocenters. The number of rotatable bonds is 6. The van der Waals surface area contributed by atoms with Gasteiger partial charge in [0.2, 0.25) is 5.91 Å². The third-order valence-electron chi connectivity index (χ3n) is 8.93. The van der Waals surface area contributed by atoms with E-state index in [9.17, 15) is 4.39 Å². The van der Waals surface area contributed by atoms with Crippen molar-refractivity contribution in [1.29, 1.82) is 0 Å². The van der Waals surface area contributed by atoms with Crippen molar-refractivity contribution in [2.45, 2.75) is 75.9 Å². The van der Waals surface area contributed by atoms with Crippen molar-refractivity contribution >= 4 is 34.6 Å². The van der Waals surface area contributed by atoms with E-state index in [-0.39, 0.29) is 22.9 Å². The highest BCUT2D eigenvalue weighted by atomic mass is 35.5. The van der Waals surface area contributed by atoms with Crippen molar-refractivity contribution in [3.8, 4) is 0 Å². The Morgan fingerprint density at radius 3 is 2.18 bits per heavy atom. The molecule has 2 aliphatic carbocycles. The summed E-state index contributed by atoms with van der Waals surface area (Å²) in [5.74, 6) is -0.638. The SMILES string of the molecule is O=C(C(C1CCCCC1)C1(c2ccncc2)Nc2cc(F)c(Cl)cc2N1)N(c1ccccc1)C1CCCCC1. The largest absolute Gasteiger partial charge is 0.357 e. The number of benzene rings is 2. The lowest BCUT2D eigenvalue weighted by molar-refractivity contribution is -0.127. The van der Waals surface area contributed by atoms with Crippen molar-refractivity contribution in [2.24, 2.45) is 11.8 Å². The molecular formula is C32H36ClFN4O. The van der Waals surface area contributed by atoms with Crippen molar-refractivity contribution in [2.75, 3.05) is 15.5 Å². The van der Waals surface area contributed by atoms with Crippen LogP contribution in [0.3, 0.4) is 0 Å². The molecule has 2 N–H and O–H groups in total. The first-order valence-electron chi connectivity index (χ1n) is 14.4. The van der Waals surface area contributed by atoms with Gasteiger partial charge >= 0.3 is 0 Å². The predicted molar refractivity (Wildman–Crippen MR) is 155 cm³/mol. The minimum atomic E-state index is -0.969. The molecule has 0 bridgehead atoms. The third kappa shape index (κ3) is 5.00. The third-order valence-corrected chi connectivity index (χ3v) is 9.21. The van der Waals surface area contributed by atoms with Crippen LogP contribution < -0.4 is 15.5 Å². The number of nitrogens with zero attached hydrogens (tertiary/aromatic N) is 2. The monoisotopic (exact) mass is 546 g/mol. The molecule has 2 fully saturated rings. The van der Waals surface area contributed by atoms with E-state index in [0.29, 0.717) is 11.4 Å². The van der Waals surface area contributed by atoms with Crippen LogP contribution in [0.2, 0.25) is 5.02 Å². The maximum Gasteiger partial charge on any atom is 0.235 e. The maximum absolute atomic E-state index is 15.2. The number of carbonyl (C=O) groups excluding carboxylic acids is 1. The van der Waals surface area contributed by atoms with E-state index in [1.54, 1.807) is 18.5 Å². The highest BCUT2D eigenvalue weighted by Gasteiger charge is 2.53. The molecule has 1 aliphatic heterocycles. The zero-order valence-electron chi connectivity index (χ0n) is 22.2. The molecule has 204 valence electrons. The van der Waals surface area contributed by atoms with Gasteiger partial charge in [-0.25, -0.2) is 4.39 Å². The summed E-state index contributed by atoms with van der Waals surface area (Å²) in [6, 6.07) is 17.3. The van der Waals surface area contributed by atoms with Gasteiger partial charge in [0.25, 0.3) is 0 Å². The zero-order chi connectivity index (χ0) is 26.8. The first-order chi connectivity index (χ1) is 19.1. The average Bonchev–Trinajstić information content (AvgIpc) is 3.34. The van der Waals surface area contributed by atoms with Crippen LogP contribution in [0, 0.1) is 17.7 Å². The maximum atomic E-state index is 15.2. The standard InChI is InChI=1S/C32H36ClFN4O/c33-26-20-28-29(21-27(26)34)37-32(36-28,23-16-18-35-19-17-23)30(22-10-4-1-5-11-22)31(39)38(24-12-6-2-7-13-24)25-14-8-3-9-15-25/h2,6-7,12-13,16-22,25,30,36-37H,1,3-5,8-11,14-15H2. The van der Waals surface area contributed by atoms with Gasteiger partial charge in [-0.15, -0.1) is 0 Å². The molecule has 2 aromatic carbocycles. The van der Waals surface area contributed by atoms with Crippen LogP contribution in [0.1, 0.15) is 69.8 Å². The van der Waals surface area contributed by atoms with Crippen molar-refractivity contribution in [1.82, 2.24) is 4.98 Å². The van der Waals surface area contributed by atoms with E-state index in [2.05, 4.69) is 32.7 Å². The summed E-state index contributed by atoms with van der Waals surface area (Å²) in [6.45, 7) is 0. The van der Waals surface area contributed by atoms with E-state index < -0.39 is 17.4 Å².